The third-order valence-corrected chi connectivity index (χ3v) is 5.81. The molecule has 144 valence electrons. The number of nitrogens with two attached hydrogens (primary N) is 2. The summed E-state index contributed by atoms with van der Waals surface area (Å²) >= 11 is 0. The van der Waals surface area contributed by atoms with Gasteiger partial charge in [0, 0.05) is 31.4 Å². The molecule has 1 saturated carbocycles. The molecule has 0 amide bonds. The van der Waals surface area contributed by atoms with Crippen molar-refractivity contribution < 1.29 is 14.3 Å². The molecule has 0 unspecified atom stereocenters. The molecule has 2 fully saturated rings. The first-order valence-electron chi connectivity index (χ1n) is 9.02. The molecule has 8 heteroatoms. The van der Waals surface area contributed by atoms with Gasteiger partial charge in [-0.1, -0.05) is 13.8 Å². The van der Waals surface area contributed by atoms with Gasteiger partial charge in [0.1, 0.15) is 5.56 Å². The highest BCUT2D eigenvalue weighted by Gasteiger charge is 2.38. The smallest absolute Gasteiger partial charge is 0.341 e. The van der Waals surface area contributed by atoms with Gasteiger partial charge in [0.05, 0.1) is 22.3 Å². The summed E-state index contributed by atoms with van der Waals surface area (Å²) in [5, 5.41) is 9.29. The van der Waals surface area contributed by atoms with Crippen molar-refractivity contribution in [3.8, 4) is 0 Å². The van der Waals surface area contributed by atoms with Gasteiger partial charge < -0.3 is 26.0 Å². The highest BCUT2D eigenvalue weighted by atomic mass is 19.1. The number of hydrogen-bond donors (Lipinski definition) is 3. The number of hydrogen-bond acceptors (Lipinski definition) is 5. The summed E-state index contributed by atoms with van der Waals surface area (Å²) in [6, 6.07) is 1.59. The van der Waals surface area contributed by atoms with Crippen LogP contribution >= 0.6 is 0 Å². The lowest BCUT2D eigenvalue weighted by Gasteiger charge is -2.24. The number of pyridine rings is 1. The Bertz CT molecular complexity index is 1030. The van der Waals surface area contributed by atoms with Gasteiger partial charge in [0.2, 0.25) is 5.43 Å². The summed E-state index contributed by atoms with van der Waals surface area (Å²) in [7, 11) is 0. The summed E-state index contributed by atoms with van der Waals surface area (Å²) in [6.45, 7) is 5.10. The molecule has 1 aromatic carbocycles. The standard InChI is InChI=1S/C19H23FN4O3/c1-19(2)8-23(7-13(19)21)12-5-11-14(16(22)15(12)20)17(25)10(18(26)27)6-24(11)9-3-4-9/h5-6,9,13H,3-4,7-8,21-22H2,1-2H3,(H,26,27)/t13-/m0/s1. The molecule has 0 spiro atoms. The monoisotopic (exact) mass is 374 g/mol. The Kier molecular flexibility index (Phi) is 3.75. The number of nitrogen functional groups attached to an aromatic ring is 1. The van der Waals surface area contributed by atoms with Crippen molar-refractivity contribution in [2.24, 2.45) is 11.1 Å². The Hall–Kier alpha value is -2.61. The molecule has 0 radical (unpaired) electrons. The fourth-order valence-electron chi connectivity index (χ4n) is 3.87. The summed E-state index contributed by atoms with van der Waals surface area (Å²) in [4.78, 5) is 26.0. The van der Waals surface area contributed by atoms with Crippen LogP contribution in [0, 0.1) is 11.2 Å². The van der Waals surface area contributed by atoms with Gasteiger partial charge in [-0.25, -0.2) is 9.18 Å². The fraction of sp³-hybridized carbons (Fsp3) is 0.474. The van der Waals surface area contributed by atoms with E-state index in [0.29, 0.717) is 24.3 Å². The highest BCUT2D eigenvalue weighted by molar-refractivity contribution is 5.99. The van der Waals surface area contributed by atoms with Gasteiger partial charge in [0.25, 0.3) is 0 Å². The molecular formula is C19H23FN4O3. The van der Waals surface area contributed by atoms with E-state index >= 15 is 4.39 Å². The van der Waals surface area contributed by atoms with Crippen molar-refractivity contribution in [2.75, 3.05) is 23.7 Å². The van der Waals surface area contributed by atoms with Crippen molar-refractivity contribution in [1.29, 1.82) is 0 Å². The van der Waals surface area contributed by atoms with Crippen LogP contribution in [0.5, 0.6) is 0 Å². The Morgan fingerprint density at radius 2 is 2.04 bits per heavy atom. The summed E-state index contributed by atoms with van der Waals surface area (Å²) < 4.78 is 16.9. The van der Waals surface area contributed by atoms with Crippen LogP contribution in [0.4, 0.5) is 15.8 Å². The van der Waals surface area contributed by atoms with Crippen LogP contribution in [0.2, 0.25) is 0 Å². The van der Waals surface area contributed by atoms with Gasteiger partial charge in [0.15, 0.2) is 5.82 Å². The minimum atomic E-state index is -1.34. The number of halogens is 1. The lowest BCUT2D eigenvalue weighted by molar-refractivity contribution is 0.0695. The first-order chi connectivity index (χ1) is 12.6. The summed E-state index contributed by atoms with van der Waals surface area (Å²) in [5.74, 6) is -2.04. The van der Waals surface area contributed by atoms with Crippen LogP contribution in [-0.4, -0.2) is 34.8 Å². The first-order valence-corrected chi connectivity index (χ1v) is 9.02. The minimum Gasteiger partial charge on any atom is -0.477 e. The number of aromatic nitrogens is 1. The van der Waals surface area contributed by atoms with Gasteiger partial charge >= 0.3 is 5.97 Å². The maximum atomic E-state index is 15.1. The third kappa shape index (κ3) is 2.66. The average Bonchev–Trinajstić information content (AvgIpc) is 3.37. The number of fused-ring (bicyclic) bond motifs is 1. The number of rotatable bonds is 3. The van der Waals surface area contributed by atoms with Gasteiger partial charge in [-0.2, -0.15) is 0 Å². The van der Waals surface area contributed by atoms with Crippen LogP contribution in [0.3, 0.4) is 0 Å². The SMILES string of the molecule is CC1(C)CN(c2cc3c(c(N)c2F)c(=O)c(C(=O)O)cn3C2CC2)C[C@@H]1N. The van der Waals surface area contributed by atoms with E-state index in [2.05, 4.69) is 0 Å². The lowest BCUT2D eigenvalue weighted by Crippen LogP contribution is -2.35. The van der Waals surface area contributed by atoms with Gasteiger partial charge in [-0.15, -0.1) is 0 Å². The third-order valence-electron chi connectivity index (χ3n) is 5.81. The largest absolute Gasteiger partial charge is 0.477 e. The molecule has 2 aliphatic rings. The Morgan fingerprint density at radius 3 is 2.56 bits per heavy atom. The van der Waals surface area contributed by atoms with E-state index < -0.39 is 22.8 Å². The zero-order chi connectivity index (χ0) is 19.7. The second-order valence-corrected chi connectivity index (χ2v) is 8.31. The lowest BCUT2D eigenvalue weighted by atomic mass is 9.89. The highest BCUT2D eigenvalue weighted by Crippen LogP contribution is 2.41. The van der Waals surface area contributed by atoms with Crippen molar-refractivity contribution >= 4 is 28.2 Å². The van der Waals surface area contributed by atoms with Crippen LogP contribution in [0.1, 0.15) is 43.1 Å². The molecule has 2 heterocycles. The van der Waals surface area contributed by atoms with Crippen LogP contribution < -0.4 is 21.8 Å². The topological polar surface area (TPSA) is 115 Å². The molecule has 7 nitrogen and oxygen atoms in total. The molecule has 1 atom stereocenters. The molecule has 4 rings (SSSR count). The van der Waals surface area contributed by atoms with E-state index in [9.17, 15) is 14.7 Å². The normalized spacial score (nSPS) is 21.8. The average molecular weight is 374 g/mol. The number of nitrogens with zero attached hydrogens (tertiary/aromatic N) is 2. The van der Waals surface area contributed by atoms with Crippen LogP contribution in [0.25, 0.3) is 10.9 Å². The maximum absolute atomic E-state index is 15.1. The zero-order valence-corrected chi connectivity index (χ0v) is 15.3. The van der Waals surface area contributed by atoms with E-state index in [1.807, 2.05) is 18.7 Å². The number of carbonyl (C=O) groups is 1. The summed E-state index contributed by atoms with van der Waals surface area (Å²) in [5.41, 5.74) is 11.3. The van der Waals surface area contributed by atoms with Crippen molar-refractivity contribution in [2.45, 2.75) is 38.8 Å². The van der Waals surface area contributed by atoms with E-state index in [0.717, 1.165) is 12.8 Å². The molecule has 1 aromatic heterocycles. The van der Waals surface area contributed by atoms with E-state index in [-0.39, 0.29) is 28.6 Å². The number of benzene rings is 1. The van der Waals surface area contributed by atoms with Crippen molar-refractivity contribution in [3.63, 3.8) is 0 Å². The molecular weight excluding hydrogens is 351 g/mol. The quantitative estimate of drug-likeness (QED) is 0.707. The Labute approximate surface area is 155 Å². The molecule has 5 N–H and O–H groups in total. The van der Waals surface area contributed by atoms with E-state index in [4.69, 9.17) is 11.5 Å². The van der Waals surface area contributed by atoms with Crippen LogP contribution in [-0.2, 0) is 0 Å². The maximum Gasteiger partial charge on any atom is 0.341 e. The Morgan fingerprint density at radius 1 is 1.37 bits per heavy atom. The van der Waals surface area contributed by atoms with E-state index in [1.165, 1.54) is 6.20 Å². The minimum absolute atomic E-state index is 0.0641. The van der Waals surface area contributed by atoms with Gasteiger partial charge in [-0.3, -0.25) is 4.79 Å². The molecule has 0 bridgehead atoms. The number of anilines is 2. The predicted octanol–water partition coefficient (Wildman–Crippen LogP) is 1.93. The molecule has 1 aliphatic carbocycles. The Balaban J connectivity index is 1.98. The second kappa shape index (κ2) is 5.69. The van der Waals surface area contributed by atoms with Crippen molar-refractivity contribution in [3.05, 3.63) is 33.9 Å². The van der Waals surface area contributed by atoms with E-state index in [1.54, 1.807) is 10.6 Å². The zero-order valence-electron chi connectivity index (χ0n) is 15.3. The number of carboxylic acid groups (broad SMARTS) is 1. The molecule has 1 saturated heterocycles. The van der Waals surface area contributed by atoms with Crippen LogP contribution in [0.15, 0.2) is 17.1 Å². The predicted molar refractivity (Wildman–Crippen MR) is 102 cm³/mol. The van der Waals surface area contributed by atoms with Gasteiger partial charge in [-0.05, 0) is 24.3 Å². The van der Waals surface area contributed by atoms with Crippen molar-refractivity contribution in [1.82, 2.24) is 4.57 Å². The fourth-order valence-corrected chi connectivity index (χ4v) is 3.87. The number of aromatic carboxylic acids is 1. The molecule has 27 heavy (non-hydrogen) atoms. The first kappa shape index (κ1) is 17.8. The summed E-state index contributed by atoms with van der Waals surface area (Å²) in [6.07, 6.45) is 3.11. The molecule has 2 aromatic rings. The second-order valence-electron chi connectivity index (χ2n) is 8.31. The molecule has 1 aliphatic heterocycles. The number of carboxylic acids is 1.